The third kappa shape index (κ3) is 4.31. The maximum absolute atomic E-state index is 13.6. The molecule has 1 aromatic heterocycles. The van der Waals surface area contributed by atoms with Gasteiger partial charge in [-0.1, -0.05) is 18.2 Å². The van der Waals surface area contributed by atoms with Gasteiger partial charge in [0.05, 0.1) is 30.6 Å². The minimum absolute atomic E-state index is 0.122. The maximum atomic E-state index is 13.6. The first-order valence-electron chi connectivity index (χ1n) is 13.1. The van der Waals surface area contributed by atoms with E-state index in [1.807, 2.05) is 24.0 Å². The molecule has 36 heavy (non-hydrogen) atoms. The largest absolute Gasteiger partial charge is 0.399 e. The number of aryl methyl sites for hydroxylation is 2. The molecule has 7 heteroatoms. The molecule has 2 saturated heterocycles. The van der Waals surface area contributed by atoms with Crippen LogP contribution in [0.5, 0.6) is 0 Å². The predicted octanol–water partition coefficient (Wildman–Crippen LogP) is 4.05. The number of ether oxygens (including phenoxy) is 1. The normalized spacial score (nSPS) is 19.2. The number of benzene rings is 2. The average Bonchev–Trinajstić information content (AvgIpc) is 3.26. The van der Waals surface area contributed by atoms with E-state index in [1.54, 1.807) is 0 Å². The van der Waals surface area contributed by atoms with Crippen LogP contribution in [-0.2, 0) is 17.7 Å². The molecule has 1 amide bonds. The van der Waals surface area contributed by atoms with E-state index in [-0.39, 0.29) is 5.91 Å². The topological polar surface area (TPSA) is 87.5 Å². The van der Waals surface area contributed by atoms with E-state index in [1.165, 1.54) is 11.3 Å². The number of nitrogens with one attached hydrogen (secondary N) is 1. The molecule has 0 atom stereocenters. The Bertz CT molecular complexity index is 1270. The zero-order valence-electron chi connectivity index (χ0n) is 21.2. The molecule has 7 nitrogen and oxygen atoms in total. The summed E-state index contributed by atoms with van der Waals surface area (Å²) >= 11 is 0. The summed E-state index contributed by atoms with van der Waals surface area (Å²) in [7, 11) is 0. The van der Waals surface area contributed by atoms with E-state index >= 15 is 0 Å². The maximum Gasteiger partial charge on any atom is 0.254 e. The SMILES string of the molecule is Cc1cc(C)c(-c2nc3c([nH]2)CN(C2COC2)CC3)cc1C(=O)N1CCC(c2ccc(N)cc2)CC1. The molecule has 4 heterocycles. The van der Waals surface area contributed by atoms with Gasteiger partial charge in [-0.05, 0) is 67.5 Å². The number of nitrogens with zero attached hydrogens (tertiary/aromatic N) is 3. The van der Waals surface area contributed by atoms with Crippen molar-refractivity contribution in [2.24, 2.45) is 0 Å². The minimum Gasteiger partial charge on any atom is -0.399 e. The fraction of sp³-hybridized carbons (Fsp3) is 0.448. The van der Waals surface area contributed by atoms with Crippen LogP contribution in [0.2, 0.25) is 0 Å². The molecule has 188 valence electrons. The Balaban J connectivity index is 1.19. The number of piperidine rings is 1. The average molecular weight is 486 g/mol. The molecule has 3 aromatic rings. The zero-order valence-corrected chi connectivity index (χ0v) is 21.2. The molecule has 0 unspecified atom stereocenters. The number of hydrogen-bond acceptors (Lipinski definition) is 5. The van der Waals surface area contributed by atoms with Gasteiger partial charge in [-0.3, -0.25) is 9.69 Å². The van der Waals surface area contributed by atoms with E-state index in [0.717, 1.165) is 98.1 Å². The van der Waals surface area contributed by atoms with Crippen molar-refractivity contribution in [1.82, 2.24) is 19.8 Å². The summed E-state index contributed by atoms with van der Waals surface area (Å²) in [5.74, 6) is 1.47. The van der Waals surface area contributed by atoms with Gasteiger partial charge in [-0.25, -0.2) is 4.98 Å². The molecule has 2 aromatic carbocycles. The van der Waals surface area contributed by atoms with Gasteiger partial charge in [0.2, 0.25) is 0 Å². The molecule has 0 bridgehead atoms. The van der Waals surface area contributed by atoms with Crippen molar-refractivity contribution in [2.45, 2.75) is 51.6 Å². The fourth-order valence-corrected chi connectivity index (χ4v) is 5.88. The van der Waals surface area contributed by atoms with Crippen molar-refractivity contribution >= 4 is 11.6 Å². The second-order valence-corrected chi connectivity index (χ2v) is 10.6. The Kier molecular flexibility index (Phi) is 6.05. The summed E-state index contributed by atoms with van der Waals surface area (Å²) < 4.78 is 5.39. The predicted molar refractivity (Wildman–Crippen MR) is 141 cm³/mol. The molecular weight excluding hydrogens is 450 g/mol. The van der Waals surface area contributed by atoms with Crippen LogP contribution in [0.4, 0.5) is 5.69 Å². The monoisotopic (exact) mass is 485 g/mol. The van der Waals surface area contributed by atoms with Gasteiger partial charge in [-0.15, -0.1) is 0 Å². The smallest absolute Gasteiger partial charge is 0.254 e. The van der Waals surface area contributed by atoms with Gasteiger partial charge in [0.1, 0.15) is 5.82 Å². The number of anilines is 1. The zero-order chi connectivity index (χ0) is 24.8. The first-order chi connectivity index (χ1) is 17.5. The third-order valence-electron chi connectivity index (χ3n) is 8.25. The highest BCUT2D eigenvalue weighted by Gasteiger charge is 2.31. The quantitative estimate of drug-likeness (QED) is 0.545. The van der Waals surface area contributed by atoms with Gasteiger partial charge >= 0.3 is 0 Å². The Hall–Kier alpha value is -3.16. The first-order valence-corrected chi connectivity index (χ1v) is 13.1. The number of H-pyrrole nitrogens is 1. The highest BCUT2D eigenvalue weighted by molar-refractivity contribution is 5.97. The Morgan fingerprint density at radius 2 is 1.81 bits per heavy atom. The molecule has 3 aliphatic heterocycles. The molecule has 2 fully saturated rings. The fourth-order valence-electron chi connectivity index (χ4n) is 5.88. The van der Waals surface area contributed by atoms with Crippen molar-refractivity contribution in [3.8, 4) is 11.4 Å². The highest BCUT2D eigenvalue weighted by Crippen LogP contribution is 2.32. The standard InChI is InChI=1S/C29H35N5O2/c1-18-13-19(2)25(29(35)33-10-7-21(8-11-33)20-3-5-22(30)6-4-20)14-24(18)28-31-26-9-12-34(15-27(26)32-28)23-16-36-17-23/h3-6,13-14,21,23H,7-12,15-17,30H2,1-2H3,(H,31,32). The summed E-state index contributed by atoms with van der Waals surface area (Å²) in [4.78, 5) is 26.7. The van der Waals surface area contributed by atoms with Gasteiger partial charge in [0.25, 0.3) is 5.91 Å². The van der Waals surface area contributed by atoms with E-state index in [2.05, 4.69) is 41.1 Å². The summed E-state index contributed by atoms with van der Waals surface area (Å²) in [6, 6.07) is 12.9. The number of nitrogens with two attached hydrogens (primary N) is 1. The van der Waals surface area contributed by atoms with Gasteiger partial charge in [0.15, 0.2) is 0 Å². The lowest BCUT2D eigenvalue weighted by Gasteiger charge is -2.38. The third-order valence-corrected chi connectivity index (χ3v) is 8.25. The number of carbonyl (C=O) groups is 1. The number of fused-ring (bicyclic) bond motifs is 1. The number of carbonyl (C=O) groups excluding carboxylic acids is 1. The van der Waals surface area contributed by atoms with Crippen LogP contribution in [0.3, 0.4) is 0 Å². The van der Waals surface area contributed by atoms with E-state index < -0.39 is 0 Å². The van der Waals surface area contributed by atoms with Crippen LogP contribution in [-0.4, -0.2) is 64.6 Å². The molecule has 3 N–H and O–H groups in total. The van der Waals surface area contributed by atoms with Gasteiger partial charge in [0, 0.05) is 49.4 Å². The van der Waals surface area contributed by atoms with Crippen LogP contribution < -0.4 is 5.73 Å². The number of aromatic amines is 1. The number of aromatic nitrogens is 2. The Labute approximate surface area is 212 Å². The van der Waals surface area contributed by atoms with Crippen molar-refractivity contribution in [1.29, 1.82) is 0 Å². The first kappa shape index (κ1) is 23.3. The summed E-state index contributed by atoms with van der Waals surface area (Å²) in [5, 5.41) is 0. The van der Waals surface area contributed by atoms with E-state index in [0.29, 0.717) is 12.0 Å². The summed E-state index contributed by atoms with van der Waals surface area (Å²) in [5.41, 5.74) is 14.3. The molecule has 0 aliphatic carbocycles. The van der Waals surface area contributed by atoms with Crippen molar-refractivity contribution in [3.05, 3.63) is 70.0 Å². The van der Waals surface area contributed by atoms with Crippen LogP contribution in [0.15, 0.2) is 36.4 Å². The second-order valence-electron chi connectivity index (χ2n) is 10.6. The molecular formula is C29H35N5O2. The van der Waals surface area contributed by atoms with Crippen molar-refractivity contribution in [2.75, 3.05) is 38.6 Å². The molecule has 3 aliphatic rings. The van der Waals surface area contributed by atoms with Crippen LogP contribution in [0.1, 0.15) is 57.2 Å². The number of amides is 1. The lowest BCUT2D eigenvalue weighted by atomic mass is 9.89. The molecule has 6 rings (SSSR count). The Morgan fingerprint density at radius 1 is 1.06 bits per heavy atom. The van der Waals surface area contributed by atoms with Crippen LogP contribution in [0.25, 0.3) is 11.4 Å². The lowest BCUT2D eigenvalue weighted by Crippen LogP contribution is -2.50. The molecule has 0 saturated carbocycles. The molecule has 0 radical (unpaired) electrons. The van der Waals surface area contributed by atoms with Gasteiger partial charge in [-0.2, -0.15) is 0 Å². The summed E-state index contributed by atoms with van der Waals surface area (Å²) in [6.07, 6.45) is 2.89. The highest BCUT2D eigenvalue weighted by atomic mass is 16.5. The van der Waals surface area contributed by atoms with Crippen LogP contribution in [0, 0.1) is 13.8 Å². The lowest BCUT2D eigenvalue weighted by molar-refractivity contribution is -0.0699. The minimum atomic E-state index is 0.122. The van der Waals surface area contributed by atoms with Gasteiger partial charge < -0.3 is 20.4 Å². The number of rotatable bonds is 4. The Morgan fingerprint density at radius 3 is 2.50 bits per heavy atom. The number of hydrogen-bond donors (Lipinski definition) is 2. The number of likely N-dealkylation sites (tertiary alicyclic amines) is 1. The summed E-state index contributed by atoms with van der Waals surface area (Å²) in [6.45, 7) is 9.25. The van der Waals surface area contributed by atoms with Crippen molar-refractivity contribution in [3.63, 3.8) is 0 Å². The second kappa shape index (κ2) is 9.37. The molecule has 0 spiro atoms. The van der Waals surface area contributed by atoms with Crippen LogP contribution >= 0.6 is 0 Å². The van der Waals surface area contributed by atoms with E-state index in [4.69, 9.17) is 15.5 Å². The van der Waals surface area contributed by atoms with E-state index in [9.17, 15) is 4.79 Å². The number of imidazole rings is 1. The number of nitrogen functional groups attached to an aromatic ring is 1. The van der Waals surface area contributed by atoms with Crippen molar-refractivity contribution < 1.29 is 9.53 Å².